The maximum absolute atomic E-state index is 6.38. The maximum Gasteiger partial charge on any atom is 0.0886 e. The fourth-order valence-corrected chi connectivity index (χ4v) is 2.74. The van der Waals surface area contributed by atoms with Gasteiger partial charge in [-0.1, -0.05) is 12.1 Å². The lowest BCUT2D eigenvalue weighted by Crippen LogP contribution is -2.46. The van der Waals surface area contributed by atoms with Gasteiger partial charge < -0.3 is 10.5 Å². The molecular formula is C12H22N4O. The summed E-state index contributed by atoms with van der Waals surface area (Å²) in [6.07, 6.45) is 6.11. The van der Waals surface area contributed by atoms with Gasteiger partial charge in [-0.25, -0.2) is 0 Å². The SMILES string of the molecule is COC1(C(N)c2cnnn2C)CCC(C)CC1. The monoisotopic (exact) mass is 238 g/mol. The van der Waals surface area contributed by atoms with Crippen LogP contribution in [0.25, 0.3) is 0 Å². The summed E-state index contributed by atoms with van der Waals surface area (Å²) in [6, 6.07) is -0.153. The summed E-state index contributed by atoms with van der Waals surface area (Å²) < 4.78 is 7.51. The van der Waals surface area contributed by atoms with E-state index < -0.39 is 0 Å². The van der Waals surface area contributed by atoms with Gasteiger partial charge in [-0.05, 0) is 31.6 Å². The second kappa shape index (κ2) is 4.74. The van der Waals surface area contributed by atoms with Crippen LogP contribution in [0.15, 0.2) is 6.20 Å². The number of aryl methyl sites for hydroxylation is 1. The van der Waals surface area contributed by atoms with Crippen LogP contribution < -0.4 is 5.73 Å². The average molecular weight is 238 g/mol. The zero-order valence-electron chi connectivity index (χ0n) is 10.9. The summed E-state index contributed by atoms with van der Waals surface area (Å²) in [7, 11) is 3.64. The van der Waals surface area contributed by atoms with Gasteiger partial charge in [0.1, 0.15) is 0 Å². The van der Waals surface area contributed by atoms with E-state index in [2.05, 4.69) is 17.2 Å². The Balaban J connectivity index is 2.21. The van der Waals surface area contributed by atoms with Crippen LogP contribution in [-0.2, 0) is 11.8 Å². The number of nitrogens with two attached hydrogens (primary N) is 1. The molecule has 1 atom stereocenters. The van der Waals surface area contributed by atoms with E-state index in [9.17, 15) is 0 Å². The summed E-state index contributed by atoms with van der Waals surface area (Å²) in [6.45, 7) is 2.29. The third-order valence-corrected chi connectivity index (χ3v) is 4.16. The number of hydrogen-bond donors (Lipinski definition) is 1. The number of hydrogen-bond acceptors (Lipinski definition) is 4. The highest BCUT2D eigenvalue weighted by molar-refractivity contribution is 5.10. The molecule has 0 aromatic carbocycles. The van der Waals surface area contributed by atoms with Gasteiger partial charge in [0, 0.05) is 14.2 Å². The van der Waals surface area contributed by atoms with Crippen molar-refractivity contribution in [1.82, 2.24) is 15.0 Å². The normalized spacial score (nSPS) is 31.4. The molecule has 0 radical (unpaired) electrons. The number of ether oxygens (including phenoxy) is 1. The molecule has 1 heterocycles. The fraction of sp³-hybridized carbons (Fsp3) is 0.833. The molecule has 0 aliphatic heterocycles. The van der Waals surface area contributed by atoms with Crippen molar-refractivity contribution in [3.8, 4) is 0 Å². The molecule has 0 spiro atoms. The average Bonchev–Trinajstić information content (AvgIpc) is 2.76. The number of aromatic nitrogens is 3. The smallest absolute Gasteiger partial charge is 0.0886 e. The van der Waals surface area contributed by atoms with Gasteiger partial charge in [-0.15, -0.1) is 5.10 Å². The van der Waals surface area contributed by atoms with E-state index in [1.807, 2.05) is 7.05 Å². The molecule has 5 nitrogen and oxygen atoms in total. The van der Waals surface area contributed by atoms with Crippen molar-refractivity contribution in [2.75, 3.05) is 7.11 Å². The molecule has 1 aromatic heterocycles. The maximum atomic E-state index is 6.38. The molecule has 1 aliphatic rings. The van der Waals surface area contributed by atoms with Crippen molar-refractivity contribution in [3.63, 3.8) is 0 Å². The molecule has 0 bridgehead atoms. The standard InChI is InChI=1S/C12H22N4O/c1-9-4-6-12(17-3,7-5-9)11(13)10-8-14-15-16(10)2/h8-9,11H,4-7,13H2,1-3H3. The van der Waals surface area contributed by atoms with Crippen molar-refractivity contribution in [3.05, 3.63) is 11.9 Å². The summed E-state index contributed by atoms with van der Waals surface area (Å²) in [5, 5.41) is 7.84. The van der Waals surface area contributed by atoms with Crippen molar-refractivity contribution in [1.29, 1.82) is 0 Å². The second-order valence-corrected chi connectivity index (χ2v) is 5.21. The number of nitrogens with zero attached hydrogens (tertiary/aromatic N) is 3. The Morgan fingerprint density at radius 1 is 1.53 bits per heavy atom. The minimum atomic E-state index is -0.248. The molecule has 1 unspecified atom stereocenters. The van der Waals surface area contributed by atoms with E-state index in [-0.39, 0.29) is 11.6 Å². The van der Waals surface area contributed by atoms with Gasteiger partial charge in [-0.3, -0.25) is 4.68 Å². The van der Waals surface area contributed by atoms with Gasteiger partial charge in [-0.2, -0.15) is 0 Å². The molecule has 2 N–H and O–H groups in total. The predicted octanol–water partition coefficient (Wildman–Crippen LogP) is 1.41. The summed E-state index contributed by atoms with van der Waals surface area (Å²) in [4.78, 5) is 0. The zero-order chi connectivity index (χ0) is 12.5. The van der Waals surface area contributed by atoms with Crippen LogP contribution >= 0.6 is 0 Å². The first-order valence-corrected chi connectivity index (χ1v) is 6.24. The van der Waals surface area contributed by atoms with E-state index in [1.54, 1.807) is 18.0 Å². The minimum Gasteiger partial charge on any atom is -0.376 e. The molecule has 96 valence electrons. The molecule has 2 rings (SSSR count). The second-order valence-electron chi connectivity index (χ2n) is 5.21. The van der Waals surface area contributed by atoms with Gasteiger partial charge in [0.25, 0.3) is 0 Å². The van der Waals surface area contributed by atoms with Crippen LogP contribution in [0.1, 0.15) is 44.3 Å². The molecule has 1 aliphatic carbocycles. The quantitative estimate of drug-likeness (QED) is 0.864. The molecule has 0 amide bonds. The molecule has 1 fully saturated rings. The third kappa shape index (κ3) is 2.21. The first kappa shape index (κ1) is 12.5. The third-order valence-electron chi connectivity index (χ3n) is 4.16. The molecule has 0 saturated heterocycles. The lowest BCUT2D eigenvalue weighted by Gasteiger charge is -2.42. The Morgan fingerprint density at radius 2 is 2.18 bits per heavy atom. The number of methoxy groups -OCH3 is 1. The zero-order valence-corrected chi connectivity index (χ0v) is 10.9. The van der Waals surface area contributed by atoms with E-state index in [0.29, 0.717) is 0 Å². The highest BCUT2D eigenvalue weighted by Gasteiger charge is 2.41. The largest absolute Gasteiger partial charge is 0.376 e. The first-order valence-electron chi connectivity index (χ1n) is 6.24. The van der Waals surface area contributed by atoms with E-state index >= 15 is 0 Å². The highest BCUT2D eigenvalue weighted by Crippen LogP contribution is 2.41. The van der Waals surface area contributed by atoms with Crippen molar-refractivity contribution in [2.24, 2.45) is 18.7 Å². The predicted molar refractivity (Wildman–Crippen MR) is 65.3 cm³/mol. The Kier molecular flexibility index (Phi) is 3.49. The lowest BCUT2D eigenvalue weighted by atomic mass is 9.75. The van der Waals surface area contributed by atoms with Crippen LogP contribution in [0.4, 0.5) is 0 Å². The van der Waals surface area contributed by atoms with E-state index in [1.165, 1.54) is 12.8 Å². The Hall–Kier alpha value is -0.940. The van der Waals surface area contributed by atoms with Crippen molar-refractivity contribution >= 4 is 0 Å². The summed E-state index contributed by atoms with van der Waals surface area (Å²) in [5.41, 5.74) is 7.08. The van der Waals surface area contributed by atoms with Crippen LogP contribution in [0, 0.1) is 5.92 Å². The van der Waals surface area contributed by atoms with Crippen LogP contribution in [0.5, 0.6) is 0 Å². The van der Waals surface area contributed by atoms with Gasteiger partial charge in [0.2, 0.25) is 0 Å². The molecule has 1 saturated carbocycles. The lowest BCUT2D eigenvalue weighted by molar-refractivity contribution is -0.0687. The van der Waals surface area contributed by atoms with Crippen LogP contribution in [-0.4, -0.2) is 27.7 Å². The molecule has 1 aromatic rings. The van der Waals surface area contributed by atoms with Gasteiger partial charge >= 0.3 is 0 Å². The highest BCUT2D eigenvalue weighted by atomic mass is 16.5. The van der Waals surface area contributed by atoms with Crippen molar-refractivity contribution in [2.45, 2.75) is 44.2 Å². The fourth-order valence-electron chi connectivity index (χ4n) is 2.74. The first-order chi connectivity index (χ1) is 8.09. The molecule has 17 heavy (non-hydrogen) atoms. The minimum absolute atomic E-state index is 0.153. The summed E-state index contributed by atoms with van der Waals surface area (Å²) >= 11 is 0. The van der Waals surface area contributed by atoms with Gasteiger partial charge in [0.15, 0.2) is 0 Å². The van der Waals surface area contributed by atoms with Crippen molar-refractivity contribution < 1.29 is 4.74 Å². The Labute approximate surface area is 102 Å². The van der Waals surface area contributed by atoms with E-state index in [4.69, 9.17) is 10.5 Å². The summed E-state index contributed by atoms with van der Waals surface area (Å²) in [5.74, 6) is 0.773. The Morgan fingerprint density at radius 3 is 2.65 bits per heavy atom. The van der Waals surface area contributed by atoms with Crippen LogP contribution in [0.2, 0.25) is 0 Å². The molecular weight excluding hydrogens is 216 g/mol. The molecule has 5 heteroatoms. The van der Waals surface area contributed by atoms with Crippen LogP contribution in [0.3, 0.4) is 0 Å². The van der Waals surface area contributed by atoms with E-state index in [0.717, 1.165) is 24.5 Å². The van der Waals surface area contributed by atoms with Gasteiger partial charge in [0.05, 0.1) is 23.5 Å². The Bertz CT molecular complexity index is 368. The topological polar surface area (TPSA) is 66.0 Å². The number of rotatable bonds is 3.